The van der Waals surface area contributed by atoms with Gasteiger partial charge in [-0.2, -0.15) is 15.6 Å². The Balaban J connectivity index is 2.35. The Kier molecular flexibility index (Phi) is 5.63. The third kappa shape index (κ3) is 3.89. The first-order chi connectivity index (χ1) is 10.4. The van der Waals surface area contributed by atoms with E-state index in [0.717, 1.165) is 22.0 Å². The molecule has 8 heteroatoms. The minimum absolute atomic E-state index is 0.0749. The molecule has 0 aliphatic rings. The van der Waals surface area contributed by atoms with Crippen LogP contribution in [0.25, 0.3) is 0 Å². The maximum Gasteiger partial charge on any atom is 0.246 e. The summed E-state index contributed by atoms with van der Waals surface area (Å²) in [5.74, 6) is -1.93. The minimum Gasteiger partial charge on any atom is -0.383 e. The Labute approximate surface area is 132 Å². The zero-order valence-electron chi connectivity index (χ0n) is 11.8. The molecule has 0 amide bonds. The fourth-order valence-corrected chi connectivity index (χ4v) is 4.00. The summed E-state index contributed by atoms with van der Waals surface area (Å²) in [5.41, 5.74) is 0.798. The van der Waals surface area contributed by atoms with E-state index < -0.39 is 26.6 Å². The van der Waals surface area contributed by atoms with Crippen molar-refractivity contribution in [3.63, 3.8) is 0 Å². The second-order valence-corrected chi connectivity index (χ2v) is 7.22. The molecule has 0 spiro atoms. The smallest absolute Gasteiger partial charge is 0.246 e. The number of rotatable bonds is 7. The maximum absolute atomic E-state index is 13.8. The lowest BCUT2D eigenvalue weighted by Gasteiger charge is -2.21. The van der Waals surface area contributed by atoms with Gasteiger partial charge < -0.3 is 4.74 Å². The maximum atomic E-state index is 13.8. The lowest BCUT2D eigenvalue weighted by atomic mass is 10.3. The van der Waals surface area contributed by atoms with Crippen LogP contribution in [-0.2, 0) is 21.3 Å². The van der Waals surface area contributed by atoms with Crippen LogP contribution in [0, 0.1) is 11.6 Å². The Morgan fingerprint density at radius 1 is 1.27 bits per heavy atom. The molecule has 1 aromatic carbocycles. The normalized spacial score (nSPS) is 12.0. The van der Waals surface area contributed by atoms with E-state index in [1.807, 2.05) is 10.8 Å². The van der Waals surface area contributed by atoms with E-state index in [2.05, 4.69) is 0 Å². The number of sulfonamides is 1. The molecule has 0 saturated carbocycles. The van der Waals surface area contributed by atoms with Crippen molar-refractivity contribution in [2.45, 2.75) is 11.4 Å². The molecule has 0 aliphatic carbocycles. The van der Waals surface area contributed by atoms with E-state index in [1.54, 1.807) is 6.07 Å². The molecule has 4 nitrogen and oxygen atoms in total. The Morgan fingerprint density at radius 2 is 2.05 bits per heavy atom. The number of hydrogen-bond acceptors (Lipinski definition) is 4. The first-order valence-electron chi connectivity index (χ1n) is 6.40. The van der Waals surface area contributed by atoms with E-state index in [1.165, 1.54) is 18.4 Å². The largest absolute Gasteiger partial charge is 0.383 e. The molecule has 0 bridgehead atoms. The van der Waals surface area contributed by atoms with Crippen LogP contribution in [0.3, 0.4) is 0 Å². The average Bonchev–Trinajstić information content (AvgIpc) is 2.95. The number of nitrogens with zero attached hydrogens (tertiary/aromatic N) is 1. The summed E-state index contributed by atoms with van der Waals surface area (Å²) in [6.45, 7) is 0.351. The van der Waals surface area contributed by atoms with E-state index in [0.29, 0.717) is 6.07 Å². The molecule has 0 radical (unpaired) electrons. The van der Waals surface area contributed by atoms with Gasteiger partial charge in [0.15, 0.2) is 0 Å². The summed E-state index contributed by atoms with van der Waals surface area (Å²) in [4.78, 5) is -0.541. The molecule has 1 aromatic heterocycles. The van der Waals surface area contributed by atoms with Crippen LogP contribution >= 0.6 is 11.3 Å². The molecule has 0 unspecified atom stereocenters. The molecule has 0 saturated heterocycles. The van der Waals surface area contributed by atoms with Gasteiger partial charge in [-0.05, 0) is 34.5 Å². The monoisotopic (exact) mass is 347 g/mol. The first-order valence-corrected chi connectivity index (χ1v) is 8.78. The highest BCUT2D eigenvalue weighted by Gasteiger charge is 2.27. The number of hydrogen-bond donors (Lipinski definition) is 0. The summed E-state index contributed by atoms with van der Waals surface area (Å²) in [5, 5.41) is 3.64. The molecule has 0 fully saturated rings. The third-order valence-electron chi connectivity index (χ3n) is 3.00. The van der Waals surface area contributed by atoms with Crippen LogP contribution in [0.5, 0.6) is 0 Å². The molecule has 0 aliphatic heterocycles. The molecule has 22 heavy (non-hydrogen) atoms. The Morgan fingerprint density at radius 3 is 2.64 bits per heavy atom. The van der Waals surface area contributed by atoms with Crippen molar-refractivity contribution in [1.29, 1.82) is 0 Å². The van der Waals surface area contributed by atoms with Gasteiger partial charge in [0.2, 0.25) is 10.0 Å². The summed E-state index contributed by atoms with van der Waals surface area (Å²) < 4.78 is 58.1. The fourth-order valence-electron chi connectivity index (χ4n) is 1.89. The highest BCUT2D eigenvalue weighted by Crippen LogP contribution is 2.22. The third-order valence-corrected chi connectivity index (χ3v) is 5.61. The van der Waals surface area contributed by atoms with Gasteiger partial charge >= 0.3 is 0 Å². The van der Waals surface area contributed by atoms with E-state index in [4.69, 9.17) is 4.74 Å². The van der Waals surface area contributed by atoms with Crippen molar-refractivity contribution in [3.05, 3.63) is 52.2 Å². The van der Waals surface area contributed by atoms with Gasteiger partial charge in [0.1, 0.15) is 16.5 Å². The SMILES string of the molecule is COCCN(Cc1ccsc1)S(=O)(=O)c1ccc(F)cc1F. The number of ether oxygens (including phenoxy) is 1. The summed E-state index contributed by atoms with van der Waals surface area (Å²) in [6.07, 6.45) is 0. The van der Waals surface area contributed by atoms with Gasteiger partial charge in [-0.1, -0.05) is 0 Å². The predicted molar refractivity (Wildman–Crippen MR) is 80.1 cm³/mol. The molecule has 1 heterocycles. The van der Waals surface area contributed by atoms with E-state index in [-0.39, 0.29) is 19.7 Å². The zero-order chi connectivity index (χ0) is 16.2. The second-order valence-electron chi connectivity index (χ2n) is 4.54. The van der Waals surface area contributed by atoms with Crippen molar-refractivity contribution >= 4 is 21.4 Å². The van der Waals surface area contributed by atoms with Crippen LogP contribution in [0.1, 0.15) is 5.56 Å². The van der Waals surface area contributed by atoms with Crippen LogP contribution in [0.4, 0.5) is 8.78 Å². The number of benzene rings is 1. The fraction of sp³-hybridized carbons (Fsp3) is 0.286. The lowest BCUT2D eigenvalue weighted by molar-refractivity contribution is 0.177. The Hall–Kier alpha value is -1.35. The van der Waals surface area contributed by atoms with Crippen LogP contribution in [0.2, 0.25) is 0 Å². The van der Waals surface area contributed by atoms with Gasteiger partial charge in [0.05, 0.1) is 6.61 Å². The van der Waals surface area contributed by atoms with Crippen molar-refractivity contribution < 1.29 is 21.9 Å². The van der Waals surface area contributed by atoms with Gasteiger partial charge in [-0.25, -0.2) is 17.2 Å². The van der Waals surface area contributed by atoms with Crippen molar-refractivity contribution in [1.82, 2.24) is 4.31 Å². The van der Waals surface area contributed by atoms with Crippen LogP contribution in [0.15, 0.2) is 39.9 Å². The van der Waals surface area contributed by atoms with E-state index in [9.17, 15) is 17.2 Å². The zero-order valence-corrected chi connectivity index (χ0v) is 13.5. The van der Waals surface area contributed by atoms with Crippen LogP contribution in [-0.4, -0.2) is 33.0 Å². The second kappa shape index (κ2) is 7.28. The molecule has 2 rings (SSSR count). The minimum atomic E-state index is -4.08. The summed E-state index contributed by atoms with van der Waals surface area (Å²) in [7, 11) is -2.63. The summed E-state index contributed by atoms with van der Waals surface area (Å²) >= 11 is 1.44. The predicted octanol–water partition coefficient (Wildman–Crippen LogP) is 2.86. The first kappa shape index (κ1) is 17.0. The van der Waals surface area contributed by atoms with Crippen LogP contribution < -0.4 is 0 Å². The van der Waals surface area contributed by atoms with Crippen molar-refractivity contribution in [3.8, 4) is 0 Å². The molecule has 120 valence electrons. The average molecular weight is 347 g/mol. The molecule has 0 N–H and O–H groups in total. The van der Waals surface area contributed by atoms with Gasteiger partial charge in [0, 0.05) is 26.3 Å². The van der Waals surface area contributed by atoms with Crippen molar-refractivity contribution in [2.75, 3.05) is 20.3 Å². The number of thiophene rings is 1. The topological polar surface area (TPSA) is 46.6 Å². The van der Waals surface area contributed by atoms with Gasteiger partial charge in [-0.15, -0.1) is 0 Å². The molecule has 2 aromatic rings. The van der Waals surface area contributed by atoms with Crippen molar-refractivity contribution in [2.24, 2.45) is 0 Å². The quantitative estimate of drug-likeness (QED) is 0.774. The van der Waals surface area contributed by atoms with Gasteiger partial charge in [0.25, 0.3) is 0 Å². The Bertz CT molecular complexity index is 718. The molecular formula is C14H15F2NO3S2. The number of halogens is 2. The van der Waals surface area contributed by atoms with Gasteiger partial charge in [-0.3, -0.25) is 0 Å². The van der Waals surface area contributed by atoms with E-state index >= 15 is 0 Å². The summed E-state index contributed by atoms with van der Waals surface area (Å²) in [6, 6.07) is 4.22. The lowest BCUT2D eigenvalue weighted by Crippen LogP contribution is -2.34. The molecular weight excluding hydrogens is 332 g/mol. The number of methoxy groups -OCH3 is 1. The highest BCUT2D eigenvalue weighted by molar-refractivity contribution is 7.89. The highest BCUT2D eigenvalue weighted by atomic mass is 32.2. The standard InChI is InChI=1S/C14H15F2NO3S2/c1-20-6-5-17(9-11-4-7-21-10-11)22(18,19)14-3-2-12(15)8-13(14)16/h2-4,7-8,10H,5-6,9H2,1H3. The molecule has 0 atom stereocenters.